The van der Waals surface area contributed by atoms with Gasteiger partial charge in [-0.3, -0.25) is 0 Å². The highest BCUT2D eigenvalue weighted by Crippen LogP contribution is 2.57. The average molecular weight is 416 g/mol. The van der Waals surface area contributed by atoms with E-state index < -0.39 is 63.5 Å². The molecule has 0 aliphatic heterocycles. The summed E-state index contributed by atoms with van der Waals surface area (Å²) in [7, 11) is 0. The molecule has 0 heterocycles. The number of alkyl halides is 9. The van der Waals surface area contributed by atoms with Gasteiger partial charge < -0.3 is 20.4 Å². The Morgan fingerprint density at radius 2 is 0.889 bits per heavy atom. The third kappa shape index (κ3) is 3.16. The van der Waals surface area contributed by atoms with E-state index in [4.69, 9.17) is 0 Å². The molecule has 0 amide bonds. The van der Waals surface area contributed by atoms with Gasteiger partial charge in [0.05, 0.1) is 5.56 Å². The second kappa shape index (κ2) is 6.06. The van der Waals surface area contributed by atoms with Gasteiger partial charge >= 0.3 is 18.5 Å². The summed E-state index contributed by atoms with van der Waals surface area (Å²) in [5.41, 5.74) is -16.4. The van der Waals surface area contributed by atoms with Crippen LogP contribution < -0.4 is 0 Å². The monoisotopic (exact) mass is 416 g/mol. The lowest BCUT2D eigenvalue weighted by atomic mass is 9.80. The first-order chi connectivity index (χ1) is 11.6. The fourth-order valence-electron chi connectivity index (χ4n) is 2.59. The number of aliphatic hydroxyl groups is 2. The van der Waals surface area contributed by atoms with Gasteiger partial charge in [0.2, 0.25) is 0 Å². The number of aromatic hydroxyl groups is 2. The van der Waals surface area contributed by atoms with E-state index in [0.717, 1.165) is 0 Å². The van der Waals surface area contributed by atoms with Crippen molar-refractivity contribution in [3.63, 3.8) is 0 Å². The molecular formula is C14H13F9O4. The summed E-state index contributed by atoms with van der Waals surface area (Å²) in [6.45, 7) is 0.844. The van der Waals surface area contributed by atoms with Gasteiger partial charge in [0.25, 0.3) is 5.60 Å². The number of phenolic OH excluding ortho intramolecular Hbond substituents is 2. The molecule has 0 aliphatic rings. The van der Waals surface area contributed by atoms with Gasteiger partial charge in [0.1, 0.15) is 11.5 Å². The van der Waals surface area contributed by atoms with Gasteiger partial charge in [-0.05, 0) is 20.8 Å². The lowest BCUT2D eigenvalue weighted by Gasteiger charge is -2.36. The quantitative estimate of drug-likeness (QED) is 0.437. The lowest BCUT2D eigenvalue weighted by molar-refractivity contribution is -0.376. The highest BCUT2D eigenvalue weighted by molar-refractivity contribution is 5.61. The molecule has 0 aliphatic carbocycles. The fourth-order valence-corrected chi connectivity index (χ4v) is 2.59. The highest BCUT2D eigenvalue weighted by Gasteiger charge is 2.73. The molecular weight excluding hydrogens is 403 g/mol. The minimum atomic E-state index is -6.46. The predicted molar refractivity (Wildman–Crippen MR) is 70.9 cm³/mol. The molecule has 0 bridgehead atoms. The molecule has 1 unspecified atom stereocenters. The van der Waals surface area contributed by atoms with E-state index in [1.807, 2.05) is 0 Å². The molecule has 1 aromatic rings. The topological polar surface area (TPSA) is 80.9 Å². The zero-order chi connectivity index (χ0) is 22.0. The minimum Gasteiger partial charge on any atom is -0.507 e. The van der Waals surface area contributed by atoms with E-state index in [0.29, 0.717) is 13.8 Å². The van der Waals surface area contributed by atoms with Gasteiger partial charge in [-0.2, -0.15) is 39.5 Å². The van der Waals surface area contributed by atoms with Crippen molar-refractivity contribution in [1.82, 2.24) is 0 Å². The summed E-state index contributed by atoms with van der Waals surface area (Å²) >= 11 is 0. The summed E-state index contributed by atoms with van der Waals surface area (Å²) < 4.78 is 117. The van der Waals surface area contributed by atoms with Gasteiger partial charge in [0.15, 0.2) is 5.60 Å². The Morgan fingerprint density at radius 1 is 0.593 bits per heavy atom. The van der Waals surface area contributed by atoms with Gasteiger partial charge in [0, 0.05) is 16.7 Å². The van der Waals surface area contributed by atoms with E-state index in [1.165, 1.54) is 0 Å². The van der Waals surface area contributed by atoms with E-state index in [9.17, 15) is 59.9 Å². The van der Waals surface area contributed by atoms with Crippen LogP contribution in [0.5, 0.6) is 11.5 Å². The second-order valence-electron chi connectivity index (χ2n) is 5.97. The van der Waals surface area contributed by atoms with Crippen LogP contribution in [0.3, 0.4) is 0 Å². The lowest BCUT2D eigenvalue weighted by Crippen LogP contribution is -2.54. The van der Waals surface area contributed by atoms with Crippen molar-refractivity contribution in [1.29, 1.82) is 0 Å². The number of benzene rings is 1. The van der Waals surface area contributed by atoms with E-state index in [-0.39, 0.29) is 6.92 Å². The summed E-state index contributed by atoms with van der Waals surface area (Å²) in [6.07, 6.45) is -18.4. The maximum atomic E-state index is 13.0. The standard InChI is InChI=1S/C14H13F9O4/c1-4-6(10(3,26)12(15,16)17)8(24)5(2)7(9(4)25)11(27,13(18,19)20)14(21,22)23/h24-27H,1-3H3. The maximum Gasteiger partial charge on any atom is 0.430 e. The zero-order valence-corrected chi connectivity index (χ0v) is 13.7. The molecule has 156 valence electrons. The van der Waals surface area contributed by atoms with Crippen LogP contribution in [0, 0.1) is 13.8 Å². The molecule has 13 heteroatoms. The molecule has 0 saturated carbocycles. The molecule has 0 radical (unpaired) electrons. The van der Waals surface area contributed by atoms with Crippen molar-refractivity contribution in [3.05, 3.63) is 22.3 Å². The highest BCUT2D eigenvalue weighted by atomic mass is 19.4. The molecule has 1 rings (SSSR count). The number of halogens is 9. The minimum absolute atomic E-state index is 0.0767. The Bertz CT molecular complexity index is 702. The molecule has 4 N–H and O–H groups in total. The van der Waals surface area contributed by atoms with Crippen LogP contribution in [-0.4, -0.2) is 39.0 Å². The van der Waals surface area contributed by atoms with Crippen LogP contribution in [0.15, 0.2) is 0 Å². The molecule has 0 spiro atoms. The van der Waals surface area contributed by atoms with Gasteiger partial charge in [-0.15, -0.1) is 0 Å². The van der Waals surface area contributed by atoms with Crippen LogP contribution in [-0.2, 0) is 11.2 Å². The fraction of sp³-hybridized carbons (Fsp3) is 0.571. The van der Waals surface area contributed by atoms with Gasteiger partial charge in [-0.25, -0.2) is 0 Å². The zero-order valence-electron chi connectivity index (χ0n) is 13.7. The molecule has 0 aromatic heterocycles. The Kier molecular flexibility index (Phi) is 5.19. The Hall–Kier alpha value is -1.89. The average Bonchev–Trinajstić information content (AvgIpc) is 2.41. The first kappa shape index (κ1) is 23.1. The van der Waals surface area contributed by atoms with Crippen molar-refractivity contribution in [2.75, 3.05) is 0 Å². The van der Waals surface area contributed by atoms with Crippen LogP contribution in [0.25, 0.3) is 0 Å². The summed E-state index contributed by atoms with van der Waals surface area (Å²) in [4.78, 5) is 0. The predicted octanol–water partition coefficient (Wildman–Crippen LogP) is 3.80. The smallest absolute Gasteiger partial charge is 0.430 e. The Labute approximate surface area is 145 Å². The molecule has 1 atom stereocenters. The number of hydrogen-bond donors (Lipinski definition) is 4. The third-order valence-electron chi connectivity index (χ3n) is 4.16. The Morgan fingerprint density at radius 3 is 1.19 bits per heavy atom. The van der Waals surface area contributed by atoms with Crippen molar-refractivity contribution in [2.45, 2.75) is 50.5 Å². The van der Waals surface area contributed by atoms with Crippen molar-refractivity contribution in [3.8, 4) is 11.5 Å². The summed E-state index contributed by atoms with van der Waals surface area (Å²) in [5.74, 6) is -3.81. The maximum absolute atomic E-state index is 13.0. The first-order valence-corrected chi connectivity index (χ1v) is 6.85. The number of phenols is 2. The molecule has 0 fully saturated rings. The largest absolute Gasteiger partial charge is 0.507 e. The van der Waals surface area contributed by atoms with Crippen molar-refractivity contribution in [2.24, 2.45) is 0 Å². The van der Waals surface area contributed by atoms with E-state index >= 15 is 0 Å². The van der Waals surface area contributed by atoms with E-state index in [1.54, 1.807) is 0 Å². The Balaban J connectivity index is 4.11. The van der Waals surface area contributed by atoms with Crippen molar-refractivity contribution < 1.29 is 59.9 Å². The molecule has 1 aromatic carbocycles. The van der Waals surface area contributed by atoms with Crippen LogP contribution >= 0.6 is 0 Å². The SMILES string of the molecule is Cc1c(O)c(C(O)(C(F)(F)F)C(F)(F)F)c(C)c(O)c1C(C)(O)C(F)(F)F. The summed E-state index contributed by atoms with van der Waals surface area (Å²) in [6, 6.07) is 0. The summed E-state index contributed by atoms with van der Waals surface area (Å²) in [5, 5.41) is 38.7. The van der Waals surface area contributed by atoms with Crippen LogP contribution in [0.4, 0.5) is 39.5 Å². The van der Waals surface area contributed by atoms with E-state index in [2.05, 4.69) is 0 Å². The second-order valence-corrected chi connectivity index (χ2v) is 5.97. The third-order valence-corrected chi connectivity index (χ3v) is 4.16. The number of hydrogen-bond acceptors (Lipinski definition) is 4. The molecule has 27 heavy (non-hydrogen) atoms. The van der Waals surface area contributed by atoms with Crippen molar-refractivity contribution >= 4 is 0 Å². The molecule has 4 nitrogen and oxygen atoms in total. The number of rotatable bonds is 2. The first-order valence-electron chi connectivity index (χ1n) is 6.85. The normalized spacial score (nSPS) is 16.4. The van der Waals surface area contributed by atoms with Crippen LogP contribution in [0.2, 0.25) is 0 Å². The van der Waals surface area contributed by atoms with Gasteiger partial charge in [-0.1, -0.05) is 0 Å². The molecule has 0 saturated heterocycles. The van der Waals surface area contributed by atoms with Crippen LogP contribution in [0.1, 0.15) is 29.2 Å².